The van der Waals surface area contributed by atoms with Crippen LogP contribution in [0.2, 0.25) is 0 Å². The van der Waals surface area contributed by atoms with Gasteiger partial charge in [-0.25, -0.2) is 8.42 Å². The molecule has 1 aromatic carbocycles. The van der Waals surface area contributed by atoms with Gasteiger partial charge in [0.15, 0.2) is 0 Å². The second kappa shape index (κ2) is 6.48. The van der Waals surface area contributed by atoms with Crippen molar-refractivity contribution in [1.29, 1.82) is 0 Å². The van der Waals surface area contributed by atoms with Crippen molar-refractivity contribution < 1.29 is 13.2 Å². The van der Waals surface area contributed by atoms with Gasteiger partial charge in [0.2, 0.25) is 15.9 Å². The number of alkyl halides is 2. The van der Waals surface area contributed by atoms with Crippen molar-refractivity contribution >= 4 is 44.8 Å². The third kappa shape index (κ3) is 3.72. The summed E-state index contributed by atoms with van der Waals surface area (Å²) in [6, 6.07) is 6.21. The molecule has 1 saturated carbocycles. The minimum Gasteiger partial charge on any atom is -0.326 e. The maximum Gasteiger partial charge on any atom is 0.243 e. The minimum absolute atomic E-state index is 0.241. The molecule has 2 fully saturated rings. The predicted molar refractivity (Wildman–Crippen MR) is 94.8 cm³/mol. The number of sulfonamides is 1. The molecule has 1 aliphatic heterocycles. The van der Waals surface area contributed by atoms with Gasteiger partial charge in [0.05, 0.1) is 10.8 Å². The lowest BCUT2D eigenvalue weighted by molar-refractivity contribution is -0.117. The number of piperidine rings is 1. The van der Waals surface area contributed by atoms with Crippen LogP contribution >= 0.6 is 23.2 Å². The normalized spacial score (nSPS) is 24.5. The Morgan fingerprint density at radius 1 is 1.21 bits per heavy atom. The molecular formula is C16H20Cl2N2O3S. The first-order chi connectivity index (χ1) is 11.2. The number of anilines is 1. The number of hydrogen-bond acceptors (Lipinski definition) is 3. The van der Waals surface area contributed by atoms with E-state index in [0.29, 0.717) is 31.1 Å². The van der Waals surface area contributed by atoms with E-state index in [9.17, 15) is 13.2 Å². The van der Waals surface area contributed by atoms with Crippen molar-refractivity contribution in [2.45, 2.75) is 35.4 Å². The molecule has 1 aliphatic carbocycles. The Labute approximate surface area is 152 Å². The van der Waals surface area contributed by atoms with E-state index in [0.717, 1.165) is 12.8 Å². The van der Waals surface area contributed by atoms with Crippen molar-refractivity contribution in [2.75, 3.05) is 18.4 Å². The van der Waals surface area contributed by atoms with Crippen LogP contribution in [0, 0.1) is 11.8 Å². The van der Waals surface area contributed by atoms with Crippen molar-refractivity contribution in [3.63, 3.8) is 0 Å². The Morgan fingerprint density at radius 2 is 1.75 bits per heavy atom. The highest BCUT2D eigenvalue weighted by Gasteiger charge is 2.56. The van der Waals surface area contributed by atoms with Gasteiger partial charge in [0, 0.05) is 18.8 Å². The molecule has 132 valence electrons. The fourth-order valence-electron chi connectivity index (χ4n) is 2.81. The standard InChI is InChI=1S/C16H20Cl2N2O3S/c1-11-6-8-20(9-7-11)24(22,23)13-4-2-12(3-5-13)19-15(21)14-10-16(14,17)18/h2-5,11,14H,6-10H2,1H3,(H,19,21). The molecule has 8 heteroatoms. The van der Waals surface area contributed by atoms with Crippen LogP contribution in [0.25, 0.3) is 0 Å². The summed E-state index contributed by atoms with van der Waals surface area (Å²) in [5.41, 5.74) is 0.530. The summed E-state index contributed by atoms with van der Waals surface area (Å²) in [7, 11) is -3.47. The number of carbonyl (C=O) groups is 1. The highest BCUT2D eigenvalue weighted by Crippen LogP contribution is 2.53. The van der Waals surface area contributed by atoms with Crippen LogP contribution in [-0.2, 0) is 14.8 Å². The molecule has 1 amide bonds. The molecular weight excluding hydrogens is 371 g/mol. The van der Waals surface area contributed by atoms with Gasteiger partial charge in [-0.2, -0.15) is 4.31 Å². The fourth-order valence-corrected chi connectivity index (χ4v) is 4.79. The Balaban J connectivity index is 1.66. The monoisotopic (exact) mass is 390 g/mol. The number of nitrogens with zero attached hydrogens (tertiary/aromatic N) is 1. The van der Waals surface area contributed by atoms with E-state index in [2.05, 4.69) is 12.2 Å². The predicted octanol–water partition coefficient (Wildman–Crippen LogP) is 3.24. The first-order valence-corrected chi connectivity index (χ1v) is 10.2. The average Bonchev–Trinajstić information content (AvgIpc) is 3.17. The molecule has 0 radical (unpaired) electrons. The minimum atomic E-state index is -3.47. The lowest BCUT2D eigenvalue weighted by Crippen LogP contribution is -2.37. The molecule has 1 unspecified atom stereocenters. The average molecular weight is 391 g/mol. The number of amides is 1. The second-order valence-electron chi connectivity index (χ2n) is 6.62. The maximum absolute atomic E-state index is 12.6. The highest BCUT2D eigenvalue weighted by atomic mass is 35.5. The molecule has 0 spiro atoms. The van der Waals surface area contributed by atoms with E-state index in [1.54, 1.807) is 12.1 Å². The van der Waals surface area contributed by atoms with Gasteiger partial charge in [-0.15, -0.1) is 23.2 Å². The third-order valence-corrected chi connectivity index (χ3v) is 7.39. The largest absolute Gasteiger partial charge is 0.326 e. The van der Waals surface area contributed by atoms with E-state index in [1.807, 2.05) is 0 Å². The van der Waals surface area contributed by atoms with Gasteiger partial charge < -0.3 is 5.32 Å². The topological polar surface area (TPSA) is 66.5 Å². The molecule has 5 nitrogen and oxygen atoms in total. The zero-order valence-electron chi connectivity index (χ0n) is 13.3. The summed E-state index contributed by atoms with van der Waals surface area (Å²) < 4.78 is 25.8. The summed E-state index contributed by atoms with van der Waals surface area (Å²) >= 11 is 11.7. The van der Waals surface area contributed by atoms with Crippen LogP contribution in [0.3, 0.4) is 0 Å². The van der Waals surface area contributed by atoms with E-state index >= 15 is 0 Å². The van der Waals surface area contributed by atoms with Crippen LogP contribution in [0.15, 0.2) is 29.2 Å². The third-order valence-electron chi connectivity index (χ3n) is 4.64. The molecule has 2 aliphatic rings. The van der Waals surface area contributed by atoms with Crippen LogP contribution in [0.4, 0.5) is 5.69 Å². The molecule has 1 saturated heterocycles. The van der Waals surface area contributed by atoms with Crippen molar-refractivity contribution in [3.05, 3.63) is 24.3 Å². The molecule has 1 aromatic rings. The molecule has 3 rings (SSSR count). The van der Waals surface area contributed by atoms with Gasteiger partial charge in [-0.3, -0.25) is 4.79 Å². The fraction of sp³-hybridized carbons (Fsp3) is 0.562. The van der Waals surface area contributed by atoms with E-state index in [4.69, 9.17) is 23.2 Å². The Bertz CT molecular complexity index is 726. The van der Waals surface area contributed by atoms with Crippen LogP contribution in [0.5, 0.6) is 0 Å². The number of carbonyl (C=O) groups excluding carboxylic acids is 1. The Morgan fingerprint density at radius 3 is 2.25 bits per heavy atom. The van der Waals surface area contributed by atoms with E-state index in [1.165, 1.54) is 16.4 Å². The first-order valence-electron chi connectivity index (χ1n) is 7.99. The molecule has 24 heavy (non-hydrogen) atoms. The van der Waals surface area contributed by atoms with Crippen LogP contribution in [0.1, 0.15) is 26.2 Å². The van der Waals surface area contributed by atoms with Crippen molar-refractivity contribution in [2.24, 2.45) is 11.8 Å². The van der Waals surface area contributed by atoms with Crippen LogP contribution < -0.4 is 5.32 Å². The number of nitrogens with one attached hydrogen (secondary N) is 1. The summed E-state index contributed by atoms with van der Waals surface area (Å²) in [6.45, 7) is 3.24. The van der Waals surface area contributed by atoms with Crippen molar-refractivity contribution in [1.82, 2.24) is 4.31 Å². The lowest BCUT2D eigenvalue weighted by Gasteiger charge is -2.29. The quantitative estimate of drug-likeness (QED) is 0.802. The SMILES string of the molecule is CC1CCN(S(=O)(=O)c2ccc(NC(=O)C3CC3(Cl)Cl)cc2)CC1. The van der Waals surface area contributed by atoms with Gasteiger partial charge in [-0.1, -0.05) is 6.92 Å². The lowest BCUT2D eigenvalue weighted by atomic mass is 10.0. The van der Waals surface area contributed by atoms with E-state index in [-0.39, 0.29) is 10.8 Å². The molecule has 1 N–H and O–H groups in total. The number of benzene rings is 1. The zero-order valence-corrected chi connectivity index (χ0v) is 15.7. The van der Waals surface area contributed by atoms with Gasteiger partial charge in [0.1, 0.15) is 4.33 Å². The van der Waals surface area contributed by atoms with Gasteiger partial charge in [-0.05, 0) is 49.4 Å². The summed E-state index contributed by atoms with van der Waals surface area (Å²) in [5.74, 6) is -0.104. The number of rotatable bonds is 4. The smallest absolute Gasteiger partial charge is 0.243 e. The molecule has 0 aromatic heterocycles. The number of halogens is 2. The summed E-state index contributed by atoms with van der Waals surface area (Å²) in [4.78, 5) is 12.2. The van der Waals surface area contributed by atoms with Gasteiger partial charge in [0.25, 0.3) is 0 Å². The first kappa shape index (κ1) is 18.0. The van der Waals surface area contributed by atoms with Crippen molar-refractivity contribution in [3.8, 4) is 0 Å². The Hall–Kier alpha value is -0.820. The maximum atomic E-state index is 12.6. The van der Waals surface area contributed by atoms with E-state index < -0.39 is 20.3 Å². The molecule has 0 bridgehead atoms. The zero-order chi connectivity index (χ0) is 17.5. The number of hydrogen-bond donors (Lipinski definition) is 1. The van der Waals surface area contributed by atoms with Gasteiger partial charge >= 0.3 is 0 Å². The highest BCUT2D eigenvalue weighted by molar-refractivity contribution is 7.89. The molecule has 1 atom stereocenters. The van der Waals surface area contributed by atoms with Crippen LogP contribution in [-0.4, -0.2) is 36.1 Å². The summed E-state index contributed by atoms with van der Waals surface area (Å²) in [6.07, 6.45) is 2.20. The summed E-state index contributed by atoms with van der Waals surface area (Å²) in [5, 5.41) is 2.71. The second-order valence-corrected chi connectivity index (χ2v) is 10.1. The molecule has 1 heterocycles. The Kier molecular flexibility index (Phi) is 4.86.